The van der Waals surface area contributed by atoms with Gasteiger partial charge in [0, 0.05) is 0 Å². The molecule has 0 radical (unpaired) electrons. The Hall–Kier alpha value is -0.780. The highest BCUT2D eigenvalue weighted by atomic mass is 14.4. The Bertz CT molecular complexity index is 292. The van der Waals surface area contributed by atoms with Crippen LogP contribution >= 0.6 is 0 Å². The molecular weight excluding hydrogens is 156 g/mol. The van der Waals surface area contributed by atoms with Crippen molar-refractivity contribution in [1.82, 2.24) is 0 Å². The van der Waals surface area contributed by atoms with Crippen molar-refractivity contribution in [1.29, 1.82) is 0 Å². The second kappa shape index (κ2) is 2.60. The largest absolute Gasteiger partial charge is 0.0620 e. The van der Waals surface area contributed by atoms with E-state index in [-0.39, 0.29) is 0 Å². The standard InChI is InChI=1S/C13H16/c1-2-6-12-10-13(7-3-4-8-13)9-11(12)5-1/h1-2,5-6H,3-4,7-10H2. The number of hydrogen-bond acceptors (Lipinski definition) is 0. The highest BCUT2D eigenvalue weighted by Gasteiger charge is 2.38. The average molecular weight is 172 g/mol. The van der Waals surface area contributed by atoms with Gasteiger partial charge in [-0.15, -0.1) is 0 Å². The van der Waals surface area contributed by atoms with E-state index in [9.17, 15) is 0 Å². The smallest absolute Gasteiger partial charge is 0.0216 e. The molecule has 1 aromatic rings. The third-order valence-corrected chi connectivity index (χ3v) is 3.91. The summed E-state index contributed by atoms with van der Waals surface area (Å²) in [5.74, 6) is 0. The van der Waals surface area contributed by atoms with Crippen LogP contribution in [0.25, 0.3) is 0 Å². The monoisotopic (exact) mass is 172 g/mol. The van der Waals surface area contributed by atoms with Gasteiger partial charge in [0.1, 0.15) is 0 Å². The minimum Gasteiger partial charge on any atom is -0.0620 e. The van der Waals surface area contributed by atoms with E-state index < -0.39 is 0 Å². The summed E-state index contributed by atoms with van der Waals surface area (Å²) in [6.07, 6.45) is 8.61. The van der Waals surface area contributed by atoms with E-state index in [1.165, 1.54) is 38.5 Å². The maximum Gasteiger partial charge on any atom is -0.0216 e. The lowest BCUT2D eigenvalue weighted by molar-refractivity contribution is 0.318. The molecular formula is C13H16. The lowest BCUT2D eigenvalue weighted by Gasteiger charge is -2.21. The van der Waals surface area contributed by atoms with Crippen LogP contribution in [0.15, 0.2) is 24.3 Å². The Balaban J connectivity index is 1.96. The molecule has 0 nitrogen and oxygen atoms in total. The molecule has 2 aliphatic carbocycles. The van der Waals surface area contributed by atoms with E-state index in [0.29, 0.717) is 5.41 Å². The molecule has 0 unspecified atom stereocenters. The second-order valence-electron chi connectivity index (χ2n) is 4.83. The molecule has 0 heterocycles. The van der Waals surface area contributed by atoms with Crippen LogP contribution in [0.4, 0.5) is 0 Å². The number of fused-ring (bicyclic) bond motifs is 1. The molecule has 68 valence electrons. The lowest BCUT2D eigenvalue weighted by Crippen LogP contribution is -2.15. The van der Waals surface area contributed by atoms with E-state index in [1.54, 1.807) is 11.1 Å². The summed E-state index contributed by atoms with van der Waals surface area (Å²) in [5, 5.41) is 0. The molecule has 1 spiro atoms. The van der Waals surface area contributed by atoms with Crippen molar-refractivity contribution in [2.75, 3.05) is 0 Å². The molecule has 1 saturated carbocycles. The first kappa shape index (κ1) is 7.61. The first-order valence-corrected chi connectivity index (χ1v) is 5.45. The Morgan fingerprint density at radius 1 is 0.846 bits per heavy atom. The van der Waals surface area contributed by atoms with Gasteiger partial charge in [0.05, 0.1) is 0 Å². The molecule has 0 atom stereocenters. The Morgan fingerprint density at radius 2 is 1.38 bits per heavy atom. The summed E-state index contributed by atoms with van der Waals surface area (Å²) >= 11 is 0. The van der Waals surface area contributed by atoms with Crippen molar-refractivity contribution in [3.63, 3.8) is 0 Å². The summed E-state index contributed by atoms with van der Waals surface area (Å²) in [5.41, 5.74) is 3.96. The fourth-order valence-corrected chi connectivity index (χ4v) is 3.25. The summed E-state index contributed by atoms with van der Waals surface area (Å²) in [4.78, 5) is 0. The molecule has 1 aromatic carbocycles. The van der Waals surface area contributed by atoms with Crippen molar-refractivity contribution in [2.45, 2.75) is 38.5 Å². The Labute approximate surface area is 80.0 Å². The van der Waals surface area contributed by atoms with Gasteiger partial charge in [0.15, 0.2) is 0 Å². The van der Waals surface area contributed by atoms with Gasteiger partial charge in [0.2, 0.25) is 0 Å². The lowest BCUT2D eigenvalue weighted by atomic mass is 9.83. The minimum atomic E-state index is 0.698. The third kappa shape index (κ3) is 1.12. The van der Waals surface area contributed by atoms with Crippen molar-refractivity contribution in [3.8, 4) is 0 Å². The van der Waals surface area contributed by atoms with Crippen molar-refractivity contribution < 1.29 is 0 Å². The van der Waals surface area contributed by atoms with E-state index in [1.807, 2.05) is 0 Å². The van der Waals surface area contributed by atoms with Crippen LogP contribution in [-0.2, 0) is 12.8 Å². The fourth-order valence-electron chi connectivity index (χ4n) is 3.25. The van der Waals surface area contributed by atoms with Gasteiger partial charge in [-0.25, -0.2) is 0 Å². The van der Waals surface area contributed by atoms with Gasteiger partial charge in [-0.2, -0.15) is 0 Å². The molecule has 2 aliphatic rings. The molecule has 0 aromatic heterocycles. The molecule has 0 N–H and O–H groups in total. The van der Waals surface area contributed by atoms with Gasteiger partial charge < -0.3 is 0 Å². The van der Waals surface area contributed by atoms with Gasteiger partial charge in [-0.3, -0.25) is 0 Å². The first-order valence-electron chi connectivity index (χ1n) is 5.45. The normalized spacial score (nSPS) is 23.7. The number of rotatable bonds is 0. The van der Waals surface area contributed by atoms with Crippen LogP contribution < -0.4 is 0 Å². The highest BCUT2D eigenvalue weighted by molar-refractivity contribution is 5.34. The van der Waals surface area contributed by atoms with Gasteiger partial charge in [-0.1, -0.05) is 37.1 Å². The van der Waals surface area contributed by atoms with E-state index in [0.717, 1.165) is 0 Å². The van der Waals surface area contributed by atoms with Crippen molar-refractivity contribution in [3.05, 3.63) is 35.4 Å². The fraction of sp³-hybridized carbons (Fsp3) is 0.538. The topological polar surface area (TPSA) is 0 Å². The summed E-state index contributed by atoms with van der Waals surface area (Å²) in [6, 6.07) is 9.02. The van der Waals surface area contributed by atoms with Crippen LogP contribution in [0.2, 0.25) is 0 Å². The highest BCUT2D eigenvalue weighted by Crippen LogP contribution is 2.48. The molecule has 0 saturated heterocycles. The van der Waals surface area contributed by atoms with Gasteiger partial charge in [-0.05, 0) is 42.2 Å². The van der Waals surface area contributed by atoms with Crippen LogP contribution in [0.3, 0.4) is 0 Å². The predicted octanol–water partition coefficient (Wildman–Crippen LogP) is 3.35. The van der Waals surface area contributed by atoms with Crippen molar-refractivity contribution in [2.24, 2.45) is 5.41 Å². The zero-order chi connectivity index (χ0) is 8.73. The van der Waals surface area contributed by atoms with Gasteiger partial charge >= 0.3 is 0 Å². The van der Waals surface area contributed by atoms with Crippen molar-refractivity contribution >= 4 is 0 Å². The minimum absolute atomic E-state index is 0.698. The zero-order valence-electron chi connectivity index (χ0n) is 8.05. The molecule has 3 rings (SSSR count). The molecule has 0 heteroatoms. The summed E-state index contributed by atoms with van der Waals surface area (Å²) < 4.78 is 0. The van der Waals surface area contributed by atoms with Gasteiger partial charge in [0.25, 0.3) is 0 Å². The molecule has 13 heavy (non-hydrogen) atoms. The maximum absolute atomic E-state index is 2.32. The Morgan fingerprint density at radius 3 is 1.92 bits per heavy atom. The molecule has 0 aliphatic heterocycles. The number of hydrogen-bond donors (Lipinski definition) is 0. The SMILES string of the molecule is c1ccc2c(c1)CC1(CCCC1)C2. The predicted molar refractivity (Wildman–Crippen MR) is 54.8 cm³/mol. The molecule has 0 amide bonds. The average Bonchev–Trinajstić information content (AvgIpc) is 2.72. The van der Waals surface area contributed by atoms with Crippen LogP contribution in [0, 0.1) is 5.41 Å². The molecule has 1 fully saturated rings. The van der Waals surface area contributed by atoms with Crippen LogP contribution in [0.5, 0.6) is 0 Å². The maximum atomic E-state index is 2.32. The Kier molecular flexibility index (Phi) is 1.52. The van der Waals surface area contributed by atoms with Crippen LogP contribution in [0.1, 0.15) is 36.8 Å². The third-order valence-electron chi connectivity index (χ3n) is 3.91. The first-order chi connectivity index (χ1) is 6.38. The van der Waals surface area contributed by atoms with Crippen LogP contribution in [-0.4, -0.2) is 0 Å². The van der Waals surface area contributed by atoms with E-state index >= 15 is 0 Å². The molecule has 0 bridgehead atoms. The quantitative estimate of drug-likeness (QED) is 0.563. The number of benzene rings is 1. The summed E-state index contributed by atoms with van der Waals surface area (Å²) in [6.45, 7) is 0. The zero-order valence-corrected chi connectivity index (χ0v) is 8.05. The summed E-state index contributed by atoms with van der Waals surface area (Å²) in [7, 11) is 0. The second-order valence-corrected chi connectivity index (χ2v) is 4.83. The van der Waals surface area contributed by atoms with E-state index in [4.69, 9.17) is 0 Å². The van der Waals surface area contributed by atoms with E-state index in [2.05, 4.69) is 24.3 Å².